The first-order chi connectivity index (χ1) is 16.3. The van der Waals surface area contributed by atoms with Crippen molar-refractivity contribution >= 4 is 28.9 Å². The maximum absolute atomic E-state index is 12.7. The molecule has 1 N–H and O–H groups in total. The number of pyridine rings is 2. The number of fused-ring (bicyclic) bond motifs is 3. The number of ether oxygens (including phenoxy) is 1. The van der Waals surface area contributed by atoms with Crippen molar-refractivity contribution in [3.63, 3.8) is 0 Å². The molecule has 0 amide bonds. The van der Waals surface area contributed by atoms with Crippen LogP contribution in [-0.4, -0.2) is 51.5 Å². The molecule has 3 atom stereocenters. The van der Waals surface area contributed by atoms with Crippen molar-refractivity contribution in [2.24, 2.45) is 11.8 Å². The Hall–Kier alpha value is -2.75. The Bertz CT molecular complexity index is 1200. The molecule has 3 aliphatic rings. The fourth-order valence-electron chi connectivity index (χ4n) is 5.39. The highest BCUT2D eigenvalue weighted by Gasteiger charge is 2.43. The average molecular weight is 493 g/mol. The van der Waals surface area contributed by atoms with Gasteiger partial charge in [0, 0.05) is 42.6 Å². The van der Waals surface area contributed by atoms with E-state index in [9.17, 15) is 13.2 Å². The number of rotatable bonds is 6. The van der Waals surface area contributed by atoms with E-state index in [1.165, 1.54) is 0 Å². The molecule has 2 saturated carbocycles. The number of nitrogens with zero attached hydrogens (tertiary/aromatic N) is 5. The van der Waals surface area contributed by atoms with Gasteiger partial charge in [-0.05, 0) is 61.8 Å². The van der Waals surface area contributed by atoms with E-state index in [1.807, 2.05) is 12.1 Å². The predicted octanol–water partition coefficient (Wildman–Crippen LogP) is 4.92. The van der Waals surface area contributed by atoms with Crippen LogP contribution in [0, 0.1) is 11.8 Å². The molecule has 0 spiro atoms. The molecule has 2 aliphatic carbocycles. The van der Waals surface area contributed by atoms with E-state index in [4.69, 9.17) is 16.3 Å². The van der Waals surface area contributed by atoms with Gasteiger partial charge in [-0.3, -0.25) is 0 Å². The minimum absolute atomic E-state index is 0.0923. The number of piperidine rings is 1. The molecular weight excluding hydrogens is 469 g/mol. The molecule has 11 heteroatoms. The van der Waals surface area contributed by atoms with Gasteiger partial charge >= 0.3 is 6.18 Å². The van der Waals surface area contributed by atoms with Crippen LogP contribution in [0.4, 0.5) is 24.8 Å². The predicted molar refractivity (Wildman–Crippen MR) is 122 cm³/mol. The van der Waals surface area contributed by atoms with E-state index in [-0.39, 0.29) is 11.8 Å². The minimum Gasteiger partial charge on any atom is -0.480 e. The summed E-state index contributed by atoms with van der Waals surface area (Å²) < 4.78 is 45.0. The van der Waals surface area contributed by atoms with Crippen molar-refractivity contribution < 1.29 is 17.9 Å². The summed E-state index contributed by atoms with van der Waals surface area (Å²) >= 11 is 6.09. The monoisotopic (exact) mass is 492 g/mol. The Kier molecular flexibility index (Phi) is 5.24. The summed E-state index contributed by atoms with van der Waals surface area (Å²) in [5.74, 6) is 1.70. The van der Waals surface area contributed by atoms with Crippen molar-refractivity contribution in [1.82, 2.24) is 19.6 Å². The number of hydrogen-bond donors (Lipinski definition) is 1. The van der Waals surface area contributed by atoms with Crippen molar-refractivity contribution in [3.8, 4) is 5.75 Å². The summed E-state index contributed by atoms with van der Waals surface area (Å²) in [6.07, 6.45) is 1.58. The van der Waals surface area contributed by atoms with Crippen LogP contribution in [0.1, 0.15) is 37.3 Å². The maximum Gasteiger partial charge on any atom is 0.422 e. The van der Waals surface area contributed by atoms with Gasteiger partial charge in [0.1, 0.15) is 5.15 Å². The molecule has 0 aromatic carbocycles. The van der Waals surface area contributed by atoms with E-state index >= 15 is 0 Å². The molecule has 7 nitrogen and oxygen atoms in total. The molecule has 180 valence electrons. The van der Waals surface area contributed by atoms with Crippen LogP contribution in [0.3, 0.4) is 0 Å². The zero-order chi connectivity index (χ0) is 23.4. The number of halogens is 4. The van der Waals surface area contributed by atoms with Gasteiger partial charge < -0.3 is 15.0 Å². The second-order valence-electron chi connectivity index (χ2n) is 9.48. The van der Waals surface area contributed by atoms with E-state index in [0.29, 0.717) is 34.5 Å². The Morgan fingerprint density at radius 3 is 2.53 bits per heavy atom. The normalized spacial score (nSPS) is 24.6. The average Bonchev–Trinajstić information content (AvgIpc) is 3.50. The summed E-state index contributed by atoms with van der Waals surface area (Å²) in [6, 6.07) is 7.45. The van der Waals surface area contributed by atoms with Crippen LogP contribution in [0.15, 0.2) is 30.5 Å². The highest BCUT2D eigenvalue weighted by Crippen LogP contribution is 2.42. The molecular formula is C23H24ClF3N6O. The third-order valence-corrected chi connectivity index (χ3v) is 7.28. The van der Waals surface area contributed by atoms with Crippen LogP contribution < -0.4 is 15.0 Å². The number of nitrogens with one attached hydrogen (secondary N) is 1. The highest BCUT2D eigenvalue weighted by molar-refractivity contribution is 6.29. The number of alkyl halides is 3. The number of aromatic nitrogens is 4. The van der Waals surface area contributed by atoms with Crippen molar-refractivity contribution in [2.75, 3.05) is 29.9 Å². The summed E-state index contributed by atoms with van der Waals surface area (Å²) in [6.45, 7) is 0.410. The Labute approximate surface area is 199 Å². The Morgan fingerprint density at radius 2 is 1.85 bits per heavy atom. The molecule has 2 bridgehead atoms. The van der Waals surface area contributed by atoms with Gasteiger partial charge in [-0.2, -0.15) is 18.2 Å². The molecule has 3 fully saturated rings. The number of anilines is 2. The smallest absolute Gasteiger partial charge is 0.422 e. The topological polar surface area (TPSA) is 67.6 Å². The molecule has 1 aliphatic heterocycles. The van der Waals surface area contributed by atoms with Gasteiger partial charge in [-0.25, -0.2) is 9.50 Å². The first-order valence-corrected chi connectivity index (χ1v) is 11.9. The zero-order valence-corrected chi connectivity index (χ0v) is 19.1. The molecule has 3 aromatic rings. The van der Waals surface area contributed by atoms with Gasteiger partial charge in [-0.1, -0.05) is 11.6 Å². The van der Waals surface area contributed by atoms with Gasteiger partial charge in [0.25, 0.3) is 0 Å². The maximum atomic E-state index is 12.7. The van der Waals surface area contributed by atoms with Gasteiger partial charge in [0.15, 0.2) is 18.0 Å². The molecule has 3 aromatic heterocycles. The Balaban J connectivity index is 1.24. The summed E-state index contributed by atoms with van der Waals surface area (Å²) in [5, 5.41) is 8.65. The third kappa shape index (κ3) is 4.23. The van der Waals surface area contributed by atoms with E-state index in [2.05, 4.69) is 25.3 Å². The molecule has 0 radical (unpaired) electrons. The first-order valence-electron chi connectivity index (χ1n) is 11.6. The van der Waals surface area contributed by atoms with Crippen molar-refractivity contribution in [1.29, 1.82) is 0 Å². The van der Waals surface area contributed by atoms with E-state index in [0.717, 1.165) is 50.2 Å². The fraction of sp³-hybridized carbons (Fsp3) is 0.522. The fourth-order valence-corrected chi connectivity index (χ4v) is 5.55. The van der Waals surface area contributed by atoms with Crippen LogP contribution in [0.2, 0.25) is 5.15 Å². The van der Waals surface area contributed by atoms with E-state index < -0.39 is 12.8 Å². The zero-order valence-electron chi connectivity index (χ0n) is 18.3. The highest BCUT2D eigenvalue weighted by atomic mass is 35.5. The van der Waals surface area contributed by atoms with Crippen LogP contribution in [0.5, 0.6) is 5.75 Å². The van der Waals surface area contributed by atoms with E-state index in [1.54, 1.807) is 22.8 Å². The standard InChI is InChI=1S/C23H24ClF3N6O/c24-19-9-16(7-8-28-19)32-10-14-3-4-15(11-32)20(14)29-22-30-21-18(34-12-23(25,26)27)6-5-17(13-1-2-13)33(21)31-22/h5-9,13-15,20H,1-4,10-12H2,(H,29,31)/t14-,15+,20+. The van der Waals surface area contributed by atoms with Crippen LogP contribution in [-0.2, 0) is 0 Å². The first kappa shape index (κ1) is 21.8. The second kappa shape index (κ2) is 8.18. The summed E-state index contributed by atoms with van der Waals surface area (Å²) in [5.41, 5.74) is 2.36. The molecule has 4 heterocycles. The SMILES string of the molecule is FC(F)(F)COc1ccc(C2CC2)n2nc(N[C@H]3[C@@H]4CC[C@H]3CN(c3ccnc(Cl)c3)C4)nc12. The van der Waals surface area contributed by atoms with Gasteiger partial charge in [0.2, 0.25) is 5.95 Å². The third-order valence-electron chi connectivity index (χ3n) is 7.07. The number of hydrogen-bond acceptors (Lipinski definition) is 6. The summed E-state index contributed by atoms with van der Waals surface area (Å²) in [7, 11) is 0. The van der Waals surface area contributed by atoms with Crippen LogP contribution in [0.25, 0.3) is 5.65 Å². The largest absolute Gasteiger partial charge is 0.480 e. The lowest BCUT2D eigenvalue weighted by Gasteiger charge is -2.39. The van der Waals surface area contributed by atoms with Gasteiger partial charge in [0.05, 0.1) is 0 Å². The minimum atomic E-state index is -4.42. The van der Waals surface area contributed by atoms with Crippen molar-refractivity contribution in [3.05, 3.63) is 41.3 Å². The molecule has 1 saturated heterocycles. The lowest BCUT2D eigenvalue weighted by Crippen LogP contribution is -2.48. The lowest BCUT2D eigenvalue weighted by atomic mass is 9.92. The quantitative estimate of drug-likeness (QED) is 0.492. The second-order valence-corrected chi connectivity index (χ2v) is 9.87. The van der Waals surface area contributed by atoms with Gasteiger partial charge in [-0.15, -0.1) is 5.10 Å². The van der Waals surface area contributed by atoms with Crippen LogP contribution >= 0.6 is 11.6 Å². The molecule has 0 unspecified atom stereocenters. The van der Waals surface area contributed by atoms with Crippen molar-refractivity contribution in [2.45, 2.75) is 43.8 Å². The molecule has 6 rings (SSSR count). The Morgan fingerprint density at radius 1 is 1.09 bits per heavy atom. The summed E-state index contributed by atoms with van der Waals surface area (Å²) in [4.78, 5) is 11.0. The lowest BCUT2D eigenvalue weighted by molar-refractivity contribution is -0.153. The molecule has 34 heavy (non-hydrogen) atoms.